The van der Waals surface area contributed by atoms with Crippen molar-refractivity contribution in [3.63, 3.8) is 0 Å². The number of hydrogen-bond donors (Lipinski definition) is 3. The molecule has 0 aliphatic carbocycles. The van der Waals surface area contributed by atoms with E-state index >= 15 is 0 Å². The highest BCUT2D eigenvalue weighted by Crippen LogP contribution is 2.25. The lowest BCUT2D eigenvalue weighted by molar-refractivity contribution is -0.152. The molecular formula is C12H18N4O5. The van der Waals surface area contributed by atoms with Gasteiger partial charge in [-0.1, -0.05) is 0 Å². The van der Waals surface area contributed by atoms with Gasteiger partial charge in [-0.2, -0.15) is 0 Å². The summed E-state index contributed by atoms with van der Waals surface area (Å²) in [5.74, 6) is -1.68. The standard InChI is InChI=1S/C12H18N4O5/c1-2-21-9(18)7(13)8(17)16-5-3-12(4-6-16)10(19)14-11(20)15-12/h7H,2-6,13H2,1H3,(H2,14,15,19,20). The van der Waals surface area contributed by atoms with Crippen molar-refractivity contribution in [2.75, 3.05) is 19.7 Å². The van der Waals surface area contributed by atoms with Crippen molar-refractivity contribution in [1.82, 2.24) is 15.5 Å². The summed E-state index contributed by atoms with van der Waals surface area (Å²) < 4.78 is 4.71. The number of nitrogens with one attached hydrogen (secondary N) is 2. The molecule has 0 saturated carbocycles. The van der Waals surface area contributed by atoms with Gasteiger partial charge in [0.1, 0.15) is 5.54 Å². The lowest BCUT2D eigenvalue weighted by Crippen LogP contribution is -2.58. The maximum Gasteiger partial charge on any atom is 0.332 e. The van der Waals surface area contributed by atoms with Crippen LogP contribution in [-0.4, -0.2) is 60.0 Å². The van der Waals surface area contributed by atoms with Gasteiger partial charge >= 0.3 is 12.0 Å². The molecule has 2 aliphatic rings. The molecule has 21 heavy (non-hydrogen) atoms. The summed E-state index contributed by atoms with van der Waals surface area (Å²) in [6.07, 6.45) is 0.567. The highest BCUT2D eigenvalue weighted by atomic mass is 16.5. The fourth-order valence-corrected chi connectivity index (χ4v) is 2.52. The zero-order chi connectivity index (χ0) is 15.6. The SMILES string of the molecule is CCOC(=O)C(N)C(=O)N1CCC2(CC1)NC(=O)NC2=O. The van der Waals surface area contributed by atoms with Crippen LogP contribution in [-0.2, 0) is 19.1 Å². The van der Waals surface area contributed by atoms with Gasteiger partial charge < -0.3 is 20.7 Å². The number of esters is 1. The molecule has 2 heterocycles. The number of likely N-dealkylation sites (tertiary alicyclic amines) is 1. The van der Waals surface area contributed by atoms with Crippen LogP contribution in [0.4, 0.5) is 4.79 Å². The number of nitrogens with zero attached hydrogens (tertiary/aromatic N) is 1. The summed E-state index contributed by atoms with van der Waals surface area (Å²) in [7, 11) is 0. The molecule has 9 nitrogen and oxygen atoms in total. The van der Waals surface area contributed by atoms with Gasteiger partial charge in [-0.3, -0.25) is 14.9 Å². The van der Waals surface area contributed by atoms with Gasteiger partial charge in [0.15, 0.2) is 6.04 Å². The number of rotatable bonds is 3. The predicted molar refractivity (Wildman–Crippen MR) is 69.8 cm³/mol. The first kappa shape index (κ1) is 15.2. The number of ether oxygens (including phenoxy) is 1. The molecule has 1 spiro atoms. The normalized spacial score (nSPS) is 21.7. The average Bonchev–Trinajstić information content (AvgIpc) is 2.72. The fraction of sp³-hybridized carbons (Fsp3) is 0.667. The number of hydrogen-bond acceptors (Lipinski definition) is 6. The van der Waals surface area contributed by atoms with Crippen LogP contribution in [0, 0.1) is 0 Å². The number of imide groups is 1. The van der Waals surface area contributed by atoms with Gasteiger partial charge in [0.25, 0.3) is 11.8 Å². The average molecular weight is 298 g/mol. The molecule has 2 saturated heterocycles. The summed E-state index contributed by atoms with van der Waals surface area (Å²) in [6, 6.07) is -1.88. The molecule has 2 aliphatic heterocycles. The Morgan fingerprint density at radius 1 is 1.38 bits per heavy atom. The van der Waals surface area contributed by atoms with E-state index in [0.717, 1.165) is 0 Å². The molecule has 0 aromatic carbocycles. The van der Waals surface area contributed by atoms with Gasteiger partial charge in [0, 0.05) is 13.1 Å². The molecule has 0 bridgehead atoms. The van der Waals surface area contributed by atoms with Crippen LogP contribution < -0.4 is 16.4 Å². The zero-order valence-electron chi connectivity index (χ0n) is 11.7. The molecular weight excluding hydrogens is 280 g/mol. The first-order valence-corrected chi connectivity index (χ1v) is 6.74. The molecule has 0 radical (unpaired) electrons. The van der Waals surface area contributed by atoms with Crippen LogP contribution in [0.5, 0.6) is 0 Å². The number of carbonyl (C=O) groups excluding carboxylic acids is 4. The Kier molecular flexibility index (Phi) is 4.12. The number of nitrogens with two attached hydrogens (primary N) is 1. The van der Waals surface area contributed by atoms with E-state index in [1.165, 1.54) is 4.90 Å². The van der Waals surface area contributed by atoms with Crippen molar-refractivity contribution in [1.29, 1.82) is 0 Å². The first-order valence-electron chi connectivity index (χ1n) is 6.74. The molecule has 0 aromatic heterocycles. The second kappa shape index (κ2) is 5.68. The van der Waals surface area contributed by atoms with E-state index in [1.54, 1.807) is 6.92 Å². The van der Waals surface area contributed by atoms with E-state index in [2.05, 4.69) is 10.6 Å². The van der Waals surface area contributed by atoms with Gasteiger partial charge in [0.05, 0.1) is 6.61 Å². The van der Waals surface area contributed by atoms with Crippen molar-refractivity contribution in [3.8, 4) is 0 Å². The second-order valence-corrected chi connectivity index (χ2v) is 5.05. The Labute approximate surface area is 121 Å². The lowest BCUT2D eigenvalue weighted by atomic mass is 9.87. The Balaban J connectivity index is 1.95. The second-order valence-electron chi connectivity index (χ2n) is 5.05. The summed E-state index contributed by atoms with van der Waals surface area (Å²) in [5.41, 5.74) is 4.60. The summed E-state index contributed by atoms with van der Waals surface area (Å²) in [5, 5.41) is 4.78. The Morgan fingerprint density at radius 3 is 2.48 bits per heavy atom. The number of amides is 4. The predicted octanol–water partition coefficient (Wildman–Crippen LogP) is -1.92. The molecule has 4 N–H and O–H groups in total. The molecule has 2 rings (SSSR count). The third-order valence-corrected chi connectivity index (χ3v) is 3.75. The smallest absolute Gasteiger partial charge is 0.332 e. The number of piperidine rings is 1. The summed E-state index contributed by atoms with van der Waals surface area (Å²) in [6.45, 7) is 2.25. The third-order valence-electron chi connectivity index (χ3n) is 3.75. The lowest BCUT2D eigenvalue weighted by Gasteiger charge is -2.37. The molecule has 0 aromatic rings. The van der Waals surface area contributed by atoms with Crippen molar-refractivity contribution in [2.24, 2.45) is 5.73 Å². The molecule has 9 heteroatoms. The molecule has 116 valence electrons. The van der Waals surface area contributed by atoms with Crippen LogP contribution in [0.3, 0.4) is 0 Å². The maximum absolute atomic E-state index is 12.1. The van der Waals surface area contributed by atoms with Gasteiger partial charge in [-0.25, -0.2) is 9.59 Å². The van der Waals surface area contributed by atoms with Gasteiger partial charge in [-0.15, -0.1) is 0 Å². The zero-order valence-corrected chi connectivity index (χ0v) is 11.7. The van der Waals surface area contributed by atoms with Crippen molar-refractivity contribution < 1.29 is 23.9 Å². The van der Waals surface area contributed by atoms with Crippen LogP contribution >= 0.6 is 0 Å². The Bertz CT molecular complexity index is 484. The Hall–Kier alpha value is -2.16. The van der Waals surface area contributed by atoms with E-state index in [4.69, 9.17) is 10.5 Å². The number of carbonyl (C=O) groups is 4. The van der Waals surface area contributed by atoms with E-state index in [0.29, 0.717) is 0 Å². The van der Waals surface area contributed by atoms with Gasteiger partial charge in [-0.05, 0) is 19.8 Å². The first-order chi connectivity index (χ1) is 9.89. The largest absolute Gasteiger partial charge is 0.464 e. The maximum atomic E-state index is 12.1. The van der Waals surface area contributed by atoms with Crippen LogP contribution in [0.2, 0.25) is 0 Å². The third kappa shape index (κ3) is 2.82. The van der Waals surface area contributed by atoms with Crippen LogP contribution in [0.1, 0.15) is 19.8 Å². The van der Waals surface area contributed by atoms with E-state index < -0.39 is 29.5 Å². The summed E-state index contributed by atoms with van der Waals surface area (Å²) >= 11 is 0. The number of urea groups is 1. The Morgan fingerprint density at radius 2 is 2.00 bits per heavy atom. The minimum Gasteiger partial charge on any atom is -0.464 e. The highest BCUT2D eigenvalue weighted by molar-refractivity contribution is 6.07. The molecule has 2 fully saturated rings. The van der Waals surface area contributed by atoms with Crippen molar-refractivity contribution in [2.45, 2.75) is 31.3 Å². The highest BCUT2D eigenvalue weighted by Gasteiger charge is 2.48. The fourth-order valence-electron chi connectivity index (χ4n) is 2.52. The van der Waals surface area contributed by atoms with Gasteiger partial charge in [0.2, 0.25) is 0 Å². The minimum absolute atomic E-state index is 0.148. The van der Waals surface area contributed by atoms with E-state index in [1.807, 2.05) is 0 Å². The molecule has 1 atom stereocenters. The van der Waals surface area contributed by atoms with Crippen molar-refractivity contribution in [3.05, 3.63) is 0 Å². The van der Waals surface area contributed by atoms with E-state index in [-0.39, 0.29) is 38.4 Å². The molecule has 4 amide bonds. The van der Waals surface area contributed by atoms with Crippen LogP contribution in [0.25, 0.3) is 0 Å². The topological polar surface area (TPSA) is 131 Å². The quantitative estimate of drug-likeness (QED) is 0.316. The van der Waals surface area contributed by atoms with E-state index in [9.17, 15) is 19.2 Å². The minimum atomic E-state index is -1.36. The summed E-state index contributed by atoms with van der Waals surface area (Å²) in [4.78, 5) is 47.9. The van der Waals surface area contributed by atoms with Crippen LogP contribution in [0.15, 0.2) is 0 Å². The molecule has 1 unspecified atom stereocenters. The monoisotopic (exact) mass is 298 g/mol. The van der Waals surface area contributed by atoms with Crippen molar-refractivity contribution >= 4 is 23.8 Å².